The van der Waals surface area contributed by atoms with Gasteiger partial charge in [-0.25, -0.2) is 0 Å². The minimum absolute atomic E-state index is 0.0309. The van der Waals surface area contributed by atoms with Crippen molar-refractivity contribution in [2.45, 2.75) is 5.37 Å². The van der Waals surface area contributed by atoms with Crippen LogP contribution in [-0.2, 0) is 4.79 Å². The molecule has 0 aliphatic carbocycles. The van der Waals surface area contributed by atoms with Gasteiger partial charge in [0.05, 0.1) is 22.3 Å². The van der Waals surface area contributed by atoms with E-state index in [-0.39, 0.29) is 24.1 Å². The Morgan fingerprint density at radius 1 is 1.20 bits per heavy atom. The lowest BCUT2D eigenvalue weighted by Gasteiger charge is -2.24. The van der Waals surface area contributed by atoms with E-state index in [0.717, 1.165) is 4.47 Å². The first kappa shape index (κ1) is 16.2. The summed E-state index contributed by atoms with van der Waals surface area (Å²) in [5, 5.41) is 11.0. The van der Waals surface area contributed by atoms with Crippen molar-refractivity contribution in [2.75, 3.05) is 17.4 Å². The quantitative estimate of drug-likeness (QED) is 0.551. The van der Waals surface area contributed by atoms with Crippen LogP contribution >= 0.6 is 27.7 Å². The topological polar surface area (TPSA) is 81.9 Å². The lowest BCUT2D eigenvalue weighted by Crippen LogP contribution is -2.28. The predicted molar refractivity (Wildman–Crippen MR) is 96.0 cm³/mol. The molecule has 2 aliphatic rings. The average molecular weight is 423 g/mol. The molecule has 0 bridgehead atoms. The number of hydrogen-bond donors (Lipinski definition) is 0. The molecule has 1 amide bonds. The van der Waals surface area contributed by atoms with Crippen LogP contribution in [0.5, 0.6) is 11.5 Å². The summed E-state index contributed by atoms with van der Waals surface area (Å²) in [6.45, 7) is 0.0309. The van der Waals surface area contributed by atoms with Gasteiger partial charge in [-0.1, -0.05) is 15.9 Å². The van der Waals surface area contributed by atoms with E-state index < -0.39 is 10.3 Å². The Labute approximate surface area is 155 Å². The molecule has 2 heterocycles. The van der Waals surface area contributed by atoms with Crippen molar-refractivity contribution in [1.82, 2.24) is 0 Å². The van der Waals surface area contributed by atoms with Gasteiger partial charge in [0.1, 0.15) is 5.37 Å². The molecule has 0 saturated carbocycles. The van der Waals surface area contributed by atoms with Gasteiger partial charge >= 0.3 is 0 Å². The number of rotatable bonds is 3. The molecule has 2 aromatic rings. The maximum atomic E-state index is 12.4. The van der Waals surface area contributed by atoms with Gasteiger partial charge < -0.3 is 9.47 Å². The number of benzene rings is 2. The number of thioether (sulfide) groups is 1. The molecular formula is C16H11BrN2O5S. The molecule has 25 heavy (non-hydrogen) atoms. The second kappa shape index (κ2) is 6.23. The van der Waals surface area contributed by atoms with Crippen molar-refractivity contribution in [3.8, 4) is 11.5 Å². The van der Waals surface area contributed by atoms with E-state index in [9.17, 15) is 14.9 Å². The van der Waals surface area contributed by atoms with Crippen molar-refractivity contribution in [3.05, 3.63) is 56.5 Å². The third-order valence-corrected chi connectivity index (χ3v) is 5.68. The second-order valence-corrected chi connectivity index (χ2v) is 7.41. The lowest BCUT2D eigenvalue weighted by atomic mass is 10.1. The normalized spacial score (nSPS) is 18.7. The summed E-state index contributed by atoms with van der Waals surface area (Å²) in [4.78, 5) is 25.1. The zero-order chi connectivity index (χ0) is 17.6. The van der Waals surface area contributed by atoms with Crippen molar-refractivity contribution in [3.63, 3.8) is 0 Å². The van der Waals surface area contributed by atoms with Crippen molar-refractivity contribution >= 4 is 45.0 Å². The minimum Gasteiger partial charge on any atom is -0.454 e. The van der Waals surface area contributed by atoms with E-state index >= 15 is 0 Å². The van der Waals surface area contributed by atoms with Crippen LogP contribution in [0.1, 0.15) is 10.9 Å². The number of ether oxygens (including phenoxy) is 2. The summed E-state index contributed by atoms with van der Waals surface area (Å²) in [5.41, 5.74) is 1.03. The van der Waals surface area contributed by atoms with Crippen LogP contribution in [0.15, 0.2) is 40.9 Å². The third kappa shape index (κ3) is 2.83. The fraction of sp³-hybridized carbons (Fsp3) is 0.188. The number of hydrogen-bond acceptors (Lipinski definition) is 6. The van der Waals surface area contributed by atoms with Gasteiger partial charge in [0.25, 0.3) is 5.69 Å². The van der Waals surface area contributed by atoms with Gasteiger partial charge in [-0.05, 0) is 30.3 Å². The van der Waals surface area contributed by atoms with Gasteiger partial charge in [0.2, 0.25) is 12.7 Å². The first-order chi connectivity index (χ1) is 12.0. The number of anilines is 1. The standard InChI is InChI=1S/C16H11BrN2O5S/c17-9-1-3-10(4-2-9)18-15(20)7-25-16(18)11-5-13-14(24-8-23-13)6-12(11)19(21)22/h1-6,16H,7-8H2. The molecule has 1 unspecified atom stereocenters. The Morgan fingerprint density at radius 2 is 1.88 bits per heavy atom. The van der Waals surface area contributed by atoms with Crippen LogP contribution in [0.2, 0.25) is 0 Å². The first-order valence-corrected chi connectivity index (χ1v) is 9.16. The largest absolute Gasteiger partial charge is 0.454 e. The van der Waals surface area contributed by atoms with Gasteiger partial charge in [-0.15, -0.1) is 11.8 Å². The smallest absolute Gasteiger partial charge is 0.279 e. The van der Waals surface area contributed by atoms with E-state index in [0.29, 0.717) is 22.7 Å². The third-order valence-electron chi connectivity index (χ3n) is 3.96. The molecule has 2 aliphatic heterocycles. The number of nitro benzene ring substituents is 1. The van der Waals surface area contributed by atoms with Crippen molar-refractivity contribution < 1.29 is 19.2 Å². The maximum Gasteiger partial charge on any atom is 0.279 e. The Bertz CT molecular complexity index is 874. The molecule has 1 atom stereocenters. The highest BCUT2D eigenvalue weighted by Gasteiger charge is 2.39. The van der Waals surface area contributed by atoms with Crippen LogP contribution in [-0.4, -0.2) is 23.4 Å². The van der Waals surface area contributed by atoms with Crippen LogP contribution in [0.4, 0.5) is 11.4 Å². The van der Waals surface area contributed by atoms with E-state index in [2.05, 4.69) is 15.9 Å². The molecule has 0 radical (unpaired) electrons. The fourth-order valence-corrected chi connectivity index (χ4v) is 4.30. The fourth-order valence-electron chi connectivity index (χ4n) is 2.84. The number of nitrogens with zero attached hydrogens (tertiary/aromatic N) is 2. The molecule has 128 valence electrons. The highest BCUT2D eigenvalue weighted by Crippen LogP contribution is 2.48. The van der Waals surface area contributed by atoms with Gasteiger partial charge in [0.15, 0.2) is 11.5 Å². The Morgan fingerprint density at radius 3 is 2.56 bits per heavy atom. The number of fused-ring (bicyclic) bond motifs is 1. The summed E-state index contributed by atoms with van der Waals surface area (Å²) >= 11 is 4.72. The maximum absolute atomic E-state index is 12.4. The Kier molecular flexibility index (Phi) is 4.04. The molecule has 4 rings (SSSR count). The zero-order valence-electron chi connectivity index (χ0n) is 12.7. The number of carbonyl (C=O) groups excluding carboxylic acids is 1. The molecule has 2 aromatic carbocycles. The second-order valence-electron chi connectivity index (χ2n) is 5.42. The van der Waals surface area contributed by atoms with Crippen LogP contribution in [0, 0.1) is 10.1 Å². The summed E-state index contributed by atoms with van der Waals surface area (Å²) in [5.74, 6) is 0.965. The van der Waals surface area contributed by atoms with Crippen LogP contribution in [0.3, 0.4) is 0 Å². The summed E-state index contributed by atoms with van der Waals surface area (Å²) in [6.07, 6.45) is 0. The Balaban J connectivity index is 1.81. The van der Waals surface area contributed by atoms with Gasteiger partial charge in [0, 0.05) is 10.2 Å². The van der Waals surface area contributed by atoms with Crippen molar-refractivity contribution in [2.24, 2.45) is 0 Å². The number of amides is 1. The first-order valence-electron chi connectivity index (χ1n) is 7.32. The van der Waals surface area contributed by atoms with Crippen LogP contribution < -0.4 is 14.4 Å². The lowest BCUT2D eigenvalue weighted by molar-refractivity contribution is -0.385. The van der Waals surface area contributed by atoms with Crippen molar-refractivity contribution in [1.29, 1.82) is 0 Å². The predicted octanol–water partition coefficient (Wildman–Crippen LogP) is 3.86. The van der Waals surface area contributed by atoms with E-state index in [4.69, 9.17) is 9.47 Å². The zero-order valence-corrected chi connectivity index (χ0v) is 15.1. The SMILES string of the molecule is O=C1CSC(c2cc3c(cc2[N+](=O)[O-])OCO3)N1c1ccc(Br)cc1. The molecule has 0 spiro atoms. The molecule has 7 nitrogen and oxygen atoms in total. The van der Waals surface area contributed by atoms with E-state index in [1.807, 2.05) is 12.1 Å². The Hall–Kier alpha value is -2.26. The highest BCUT2D eigenvalue weighted by atomic mass is 79.9. The molecular weight excluding hydrogens is 412 g/mol. The molecule has 9 heteroatoms. The molecule has 1 saturated heterocycles. The number of halogens is 1. The number of nitro groups is 1. The monoisotopic (exact) mass is 422 g/mol. The highest BCUT2D eigenvalue weighted by molar-refractivity contribution is 9.10. The summed E-state index contributed by atoms with van der Waals surface area (Å²) in [6, 6.07) is 10.2. The van der Waals surface area contributed by atoms with E-state index in [1.54, 1.807) is 23.1 Å². The summed E-state index contributed by atoms with van der Waals surface area (Å²) in [7, 11) is 0. The molecule has 0 N–H and O–H groups in total. The van der Waals surface area contributed by atoms with Gasteiger partial charge in [-0.3, -0.25) is 19.8 Å². The van der Waals surface area contributed by atoms with Crippen LogP contribution in [0.25, 0.3) is 0 Å². The van der Waals surface area contributed by atoms with Gasteiger partial charge in [-0.2, -0.15) is 0 Å². The minimum atomic E-state index is -0.497. The molecule has 1 fully saturated rings. The number of carbonyl (C=O) groups is 1. The average Bonchev–Trinajstić information content (AvgIpc) is 3.20. The van der Waals surface area contributed by atoms with E-state index in [1.165, 1.54) is 17.8 Å². The summed E-state index contributed by atoms with van der Waals surface area (Å²) < 4.78 is 11.5. The molecule has 0 aromatic heterocycles.